The Hall–Kier alpha value is -3.64. The van der Waals surface area contributed by atoms with Crippen LogP contribution in [0.4, 0.5) is 5.95 Å². The lowest BCUT2D eigenvalue weighted by Crippen LogP contribution is -2.36. The molecule has 0 spiro atoms. The Bertz CT molecular complexity index is 1540. The smallest absolute Gasteiger partial charge is 0.273 e. The summed E-state index contributed by atoms with van der Waals surface area (Å²) in [6, 6.07) is 21.2. The van der Waals surface area contributed by atoms with E-state index in [2.05, 4.69) is 105 Å². The SMILES string of the molecule is CC.CC.CCCc1cc(C(C)(C)c2ccc(-c3ccc4nc(N[N+](C)(O)S)ncc4c3)cc2)cc(C#N)c1OCC(C)C. The van der Waals surface area contributed by atoms with Gasteiger partial charge in [-0.1, -0.05) is 105 Å². The highest BCUT2D eigenvalue weighted by atomic mass is 32.1. The van der Waals surface area contributed by atoms with Crippen LogP contribution in [0, 0.1) is 17.2 Å². The summed E-state index contributed by atoms with van der Waals surface area (Å²) in [4.78, 5) is 8.75. The van der Waals surface area contributed by atoms with Gasteiger partial charge in [0.2, 0.25) is 0 Å². The standard InChI is InChI=1S/C32H38N5O2S.2C2H6/c1-7-8-24-16-28(17-25(18-33)30(24)39-20-21(2)3)32(4,5)27-12-9-22(10-13-27)23-11-14-29-26(15-23)19-34-31(35-29)36-37(6,38)40;2*1-2/h9-17,19,21,38,40H,7-8,20H2,1-6H3,(H,34,35,36);2*1-2H3/q+1;;. The third-order valence-corrected chi connectivity index (χ3v) is 7.02. The minimum atomic E-state index is -0.764. The highest BCUT2D eigenvalue weighted by Crippen LogP contribution is 2.38. The fourth-order valence-electron chi connectivity index (χ4n) is 4.71. The van der Waals surface area contributed by atoms with E-state index in [-0.39, 0.29) is 11.4 Å². The Morgan fingerprint density at radius 2 is 1.64 bits per heavy atom. The second kappa shape index (κ2) is 16.4. The van der Waals surface area contributed by atoms with Crippen molar-refractivity contribution in [2.45, 2.75) is 80.6 Å². The number of ether oxygens (including phenoxy) is 1. The van der Waals surface area contributed by atoms with Crippen molar-refractivity contribution in [1.82, 2.24) is 9.97 Å². The van der Waals surface area contributed by atoms with Crippen LogP contribution in [0.2, 0.25) is 0 Å². The van der Waals surface area contributed by atoms with Crippen molar-refractivity contribution in [1.29, 1.82) is 5.26 Å². The van der Waals surface area contributed by atoms with Gasteiger partial charge in [-0.15, -0.1) is 0 Å². The van der Waals surface area contributed by atoms with E-state index in [1.807, 2.05) is 45.9 Å². The number of thiol groups is 1. The maximum Gasteiger partial charge on any atom is 0.273 e. The molecule has 1 aromatic heterocycles. The van der Waals surface area contributed by atoms with Crippen LogP contribution in [0.15, 0.2) is 60.8 Å². The molecule has 0 fully saturated rings. The normalized spacial score (nSPS) is 12.3. The summed E-state index contributed by atoms with van der Waals surface area (Å²) in [7, 11) is 1.45. The van der Waals surface area contributed by atoms with E-state index in [0.717, 1.165) is 57.3 Å². The molecule has 8 heteroatoms. The minimum Gasteiger partial charge on any atom is -0.492 e. The zero-order valence-electron chi connectivity index (χ0n) is 28.1. The summed E-state index contributed by atoms with van der Waals surface area (Å²) in [5.74, 6) is 1.40. The van der Waals surface area contributed by atoms with Crippen LogP contribution in [0.3, 0.4) is 0 Å². The second-order valence-corrected chi connectivity index (χ2v) is 12.1. The third kappa shape index (κ3) is 9.43. The Balaban J connectivity index is 0.00000162. The van der Waals surface area contributed by atoms with Gasteiger partial charge in [0.1, 0.15) is 31.7 Å². The Morgan fingerprint density at radius 1 is 1.00 bits per heavy atom. The first-order valence-corrected chi connectivity index (χ1v) is 16.0. The molecule has 0 amide bonds. The molecule has 4 rings (SSSR count). The van der Waals surface area contributed by atoms with Gasteiger partial charge >= 0.3 is 0 Å². The molecule has 1 atom stereocenters. The van der Waals surface area contributed by atoms with E-state index >= 15 is 0 Å². The number of nitrogens with zero attached hydrogens (tertiary/aromatic N) is 4. The monoisotopic (exact) mass is 616 g/mol. The predicted molar refractivity (Wildman–Crippen MR) is 186 cm³/mol. The van der Waals surface area contributed by atoms with Gasteiger partial charge in [-0.2, -0.15) is 15.9 Å². The molecule has 3 aromatic carbocycles. The molecule has 0 bridgehead atoms. The predicted octanol–water partition coefficient (Wildman–Crippen LogP) is 9.54. The van der Waals surface area contributed by atoms with Crippen molar-refractivity contribution in [3.05, 3.63) is 83.0 Å². The van der Waals surface area contributed by atoms with Gasteiger partial charge < -0.3 is 4.74 Å². The summed E-state index contributed by atoms with van der Waals surface area (Å²) < 4.78 is 5.36. The number of nitrogens with one attached hydrogen (secondary N) is 1. The van der Waals surface area contributed by atoms with Crippen LogP contribution in [0.1, 0.15) is 91.0 Å². The highest BCUT2D eigenvalue weighted by Gasteiger charge is 2.26. The van der Waals surface area contributed by atoms with Crippen LogP contribution >= 0.6 is 12.8 Å². The molecule has 7 nitrogen and oxygen atoms in total. The number of aryl methyl sites for hydroxylation is 1. The average molecular weight is 617 g/mol. The number of hydrogen-bond acceptors (Lipinski definition) is 7. The lowest BCUT2D eigenvalue weighted by molar-refractivity contribution is -0.955. The number of hydroxylamine groups is 1. The van der Waals surface area contributed by atoms with Crippen molar-refractivity contribution >= 4 is 29.7 Å². The summed E-state index contributed by atoms with van der Waals surface area (Å²) >= 11 is 4.00. The molecule has 44 heavy (non-hydrogen) atoms. The molecule has 236 valence electrons. The van der Waals surface area contributed by atoms with Crippen molar-refractivity contribution in [3.63, 3.8) is 0 Å². The van der Waals surface area contributed by atoms with E-state index in [4.69, 9.17) is 4.74 Å². The van der Waals surface area contributed by atoms with Crippen LogP contribution < -0.4 is 10.2 Å². The average Bonchev–Trinajstić information content (AvgIpc) is 3.01. The number of fused-ring (bicyclic) bond motifs is 1. The summed E-state index contributed by atoms with van der Waals surface area (Å²) in [6.45, 7) is 19.4. The van der Waals surface area contributed by atoms with Crippen molar-refractivity contribution < 1.29 is 14.1 Å². The van der Waals surface area contributed by atoms with Crippen LogP contribution in [0.5, 0.6) is 5.75 Å². The fourth-order valence-corrected chi connectivity index (χ4v) is 4.80. The maximum absolute atomic E-state index is 9.98. The quantitative estimate of drug-likeness (QED) is 0.0934. The molecular formula is C36H50N5O2S+. The molecule has 0 radical (unpaired) electrons. The third-order valence-electron chi connectivity index (χ3n) is 6.92. The number of hydrogen-bond donors (Lipinski definition) is 3. The number of quaternary nitrogens is 1. The molecule has 0 saturated heterocycles. The lowest BCUT2D eigenvalue weighted by Gasteiger charge is -2.28. The number of rotatable bonds is 10. The van der Waals surface area contributed by atoms with E-state index in [1.165, 1.54) is 7.05 Å². The minimum absolute atomic E-state index is 0.285. The van der Waals surface area contributed by atoms with Gasteiger partial charge in [0.05, 0.1) is 17.7 Å². The molecule has 1 heterocycles. The molecule has 2 N–H and O–H groups in total. The van der Waals surface area contributed by atoms with Gasteiger partial charge in [0.25, 0.3) is 5.95 Å². The van der Waals surface area contributed by atoms with Gasteiger partial charge in [0.15, 0.2) is 0 Å². The van der Waals surface area contributed by atoms with Crippen LogP contribution in [-0.4, -0.2) is 33.0 Å². The molecule has 0 aliphatic rings. The lowest BCUT2D eigenvalue weighted by atomic mass is 9.76. The molecule has 4 aromatic rings. The van der Waals surface area contributed by atoms with Gasteiger partial charge in [-0.05, 0) is 62.5 Å². The van der Waals surface area contributed by atoms with Gasteiger partial charge in [-0.3, -0.25) is 0 Å². The maximum atomic E-state index is 9.98. The topological polar surface area (TPSA) is 91.1 Å². The second-order valence-electron chi connectivity index (χ2n) is 11.3. The Kier molecular flexibility index (Phi) is 13.7. The van der Waals surface area contributed by atoms with Gasteiger partial charge in [-0.25, -0.2) is 9.97 Å². The largest absolute Gasteiger partial charge is 0.492 e. The molecule has 0 saturated carbocycles. The molecule has 1 unspecified atom stereocenters. The van der Waals surface area contributed by atoms with Crippen molar-refractivity contribution in [2.24, 2.45) is 5.92 Å². The first kappa shape index (κ1) is 36.6. The zero-order chi connectivity index (χ0) is 33.1. The Labute approximate surface area is 270 Å². The highest BCUT2D eigenvalue weighted by molar-refractivity contribution is 7.74. The van der Waals surface area contributed by atoms with E-state index < -0.39 is 4.16 Å². The Morgan fingerprint density at radius 3 is 2.20 bits per heavy atom. The van der Waals surface area contributed by atoms with E-state index in [1.54, 1.807) is 6.20 Å². The number of nitriles is 1. The van der Waals surface area contributed by atoms with Crippen molar-refractivity contribution in [3.8, 4) is 22.9 Å². The summed E-state index contributed by atoms with van der Waals surface area (Å²) in [5.41, 5.74) is 9.24. The zero-order valence-corrected chi connectivity index (χ0v) is 29.0. The van der Waals surface area contributed by atoms with Crippen LogP contribution in [0.25, 0.3) is 22.0 Å². The number of aromatic nitrogens is 2. The number of anilines is 1. The molecule has 0 aliphatic carbocycles. The van der Waals surface area contributed by atoms with Gasteiger partial charge in [0, 0.05) is 17.0 Å². The first-order valence-electron chi connectivity index (χ1n) is 15.6. The summed E-state index contributed by atoms with van der Waals surface area (Å²) in [6.07, 6.45) is 3.57. The van der Waals surface area contributed by atoms with E-state index in [9.17, 15) is 10.5 Å². The van der Waals surface area contributed by atoms with E-state index in [0.29, 0.717) is 18.1 Å². The summed E-state index contributed by atoms with van der Waals surface area (Å²) in [5, 5.41) is 20.7. The number of benzene rings is 3. The molecular weight excluding hydrogens is 566 g/mol. The van der Waals surface area contributed by atoms with Crippen molar-refractivity contribution in [2.75, 3.05) is 19.1 Å². The van der Waals surface area contributed by atoms with Crippen LogP contribution in [-0.2, 0) is 11.8 Å². The molecule has 0 aliphatic heterocycles. The first-order chi connectivity index (χ1) is 20.9. The fraction of sp³-hybridized carbons (Fsp3) is 0.417.